The van der Waals surface area contributed by atoms with Gasteiger partial charge in [-0.3, -0.25) is 4.98 Å². The molecule has 1 N–H and O–H groups in total. The third-order valence-electron chi connectivity index (χ3n) is 2.72. The zero-order valence-electron chi connectivity index (χ0n) is 10.0. The second kappa shape index (κ2) is 6.19. The summed E-state index contributed by atoms with van der Waals surface area (Å²) in [7, 11) is 0. The van der Waals surface area contributed by atoms with E-state index in [4.69, 9.17) is 23.2 Å². The van der Waals surface area contributed by atoms with E-state index >= 15 is 0 Å². The van der Waals surface area contributed by atoms with Crippen LogP contribution in [0.5, 0.6) is 0 Å². The van der Waals surface area contributed by atoms with Gasteiger partial charge < -0.3 is 5.32 Å². The summed E-state index contributed by atoms with van der Waals surface area (Å²) >= 11 is 11.9. The lowest BCUT2D eigenvalue weighted by molar-refractivity contribution is 0.573. The van der Waals surface area contributed by atoms with E-state index in [1.807, 2.05) is 24.4 Å². The summed E-state index contributed by atoms with van der Waals surface area (Å²) in [5.74, 6) is 0. The lowest BCUT2D eigenvalue weighted by Gasteiger charge is -2.14. The molecule has 1 aromatic heterocycles. The summed E-state index contributed by atoms with van der Waals surface area (Å²) in [6.07, 6.45) is 3.63. The van der Waals surface area contributed by atoms with Gasteiger partial charge in [-0.05, 0) is 42.3 Å². The predicted octanol–water partition coefficient (Wildman–Crippen LogP) is 4.24. The molecule has 0 aliphatic rings. The van der Waals surface area contributed by atoms with Crippen molar-refractivity contribution in [3.05, 3.63) is 63.9 Å². The van der Waals surface area contributed by atoms with Crippen molar-refractivity contribution in [3.63, 3.8) is 0 Å². The zero-order chi connectivity index (χ0) is 13.0. The van der Waals surface area contributed by atoms with Gasteiger partial charge >= 0.3 is 0 Å². The van der Waals surface area contributed by atoms with Gasteiger partial charge in [-0.25, -0.2) is 0 Å². The molecule has 0 saturated carbocycles. The van der Waals surface area contributed by atoms with E-state index in [1.165, 1.54) is 0 Å². The molecule has 0 amide bonds. The molecule has 18 heavy (non-hydrogen) atoms. The Morgan fingerprint density at radius 1 is 1.22 bits per heavy atom. The average molecular weight is 281 g/mol. The molecule has 0 spiro atoms. The Bertz CT molecular complexity index is 494. The molecule has 4 heteroatoms. The second-order valence-electron chi connectivity index (χ2n) is 4.17. The molecule has 1 heterocycles. The highest BCUT2D eigenvalue weighted by molar-refractivity contribution is 6.34. The second-order valence-corrected chi connectivity index (χ2v) is 5.04. The number of nitrogens with zero attached hydrogens (tertiary/aromatic N) is 1. The van der Waals surface area contributed by atoms with Crippen LogP contribution in [0.25, 0.3) is 0 Å². The minimum Gasteiger partial charge on any atom is -0.306 e. The maximum atomic E-state index is 5.96. The fraction of sp³-hybridized carbons (Fsp3) is 0.214. The van der Waals surface area contributed by atoms with Gasteiger partial charge in [-0.1, -0.05) is 29.3 Å². The Balaban J connectivity index is 1.99. The van der Waals surface area contributed by atoms with Crippen molar-refractivity contribution in [2.45, 2.75) is 19.5 Å². The maximum absolute atomic E-state index is 5.96. The first-order chi connectivity index (χ1) is 8.65. The molecule has 94 valence electrons. The summed E-state index contributed by atoms with van der Waals surface area (Å²) in [6.45, 7) is 2.82. The number of halogens is 2. The van der Waals surface area contributed by atoms with Gasteiger partial charge in [-0.2, -0.15) is 0 Å². The number of benzene rings is 1. The van der Waals surface area contributed by atoms with Crippen LogP contribution in [-0.2, 0) is 6.54 Å². The lowest BCUT2D eigenvalue weighted by atomic mass is 10.1. The Morgan fingerprint density at radius 2 is 1.94 bits per heavy atom. The van der Waals surface area contributed by atoms with Crippen LogP contribution in [0, 0.1) is 0 Å². The predicted molar refractivity (Wildman–Crippen MR) is 76.0 cm³/mol. The third kappa shape index (κ3) is 3.70. The summed E-state index contributed by atoms with van der Waals surface area (Å²) in [4.78, 5) is 4.11. The summed E-state index contributed by atoms with van der Waals surface area (Å²) in [6, 6.07) is 9.78. The third-order valence-corrected chi connectivity index (χ3v) is 3.16. The molecule has 0 aliphatic carbocycles. The number of hydrogen-bond acceptors (Lipinski definition) is 2. The quantitative estimate of drug-likeness (QED) is 0.906. The van der Waals surface area contributed by atoms with E-state index in [0.717, 1.165) is 17.7 Å². The topological polar surface area (TPSA) is 24.9 Å². The van der Waals surface area contributed by atoms with Crippen LogP contribution < -0.4 is 5.32 Å². The monoisotopic (exact) mass is 280 g/mol. The SMILES string of the molecule is C[C@H](NCc1cc(Cl)cc(Cl)c1)c1cccnc1. The first-order valence-corrected chi connectivity index (χ1v) is 6.49. The molecule has 0 fully saturated rings. The standard InChI is InChI=1S/C14H14Cl2N2/c1-10(12-3-2-4-17-9-12)18-8-11-5-13(15)7-14(16)6-11/h2-7,9-10,18H,8H2,1H3/t10-/m0/s1. The first-order valence-electron chi connectivity index (χ1n) is 5.73. The minimum atomic E-state index is 0.233. The van der Waals surface area contributed by atoms with Crippen LogP contribution in [0.4, 0.5) is 0 Å². The largest absolute Gasteiger partial charge is 0.306 e. The highest BCUT2D eigenvalue weighted by Gasteiger charge is 2.05. The van der Waals surface area contributed by atoms with E-state index in [9.17, 15) is 0 Å². The van der Waals surface area contributed by atoms with Gasteiger partial charge in [0.05, 0.1) is 0 Å². The van der Waals surface area contributed by atoms with Crippen molar-refractivity contribution in [2.75, 3.05) is 0 Å². The van der Waals surface area contributed by atoms with Crippen LogP contribution in [0.1, 0.15) is 24.1 Å². The summed E-state index contributed by atoms with van der Waals surface area (Å²) in [5.41, 5.74) is 2.23. The number of aromatic nitrogens is 1. The minimum absolute atomic E-state index is 0.233. The smallest absolute Gasteiger partial charge is 0.0424 e. The van der Waals surface area contributed by atoms with Crippen LogP contribution in [-0.4, -0.2) is 4.98 Å². The highest BCUT2D eigenvalue weighted by Crippen LogP contribution is 2.19. The number of hydrogen-bond donors (Lipinski definition) is 1. The fourth-order valence-electron chi connectivity index (χ4n) is 1.73. The molecule has 0 bridgehead atoms. The first kappa shape index (κ1) is 13.3. The van der Waals surface area contributed by atoms with Gasteiger partial charge in [0.1, 0.15) is 0 Å². The molecule has 2 nitrogen and oxygen atoms in total. The zero-order valence-corrected chi connectivity index (χ0v) is 11.5. The maximum Gasteiger partial charge on any atom is 0.0424 e. The van der Waals surface area contributed by atoms with Crippen molar-refractivity contribution >= 4 is 23.2 Å². The Morgan fingerprint density at radius 3 is 2.56 bits per heavy atom. The van der Waals surface area contributed by atoms with Crippen LogP contribution in [0.2, 0.25) is 10.0 Å². The fourth-order valence-corrected chi connectivity index (χ4v) is 2.31. The Kier molecular flexibility index (Phi) is 4.59. The van der Waals surface area contributed by atoms with Crippen molar-refractivity contribution in [1.29, 1.82) is 0 Å². The molecule has 1 aromatic carbocycles. The van der Waals surface area contributed by atoms with Crippen LogP contribution in [0.3, 0.4) is 0 Å². The van der Waals surface area contributed by atoms with Gasteiger partial charge in [0.25, 0.3) is 0 Å². The molecule has 0 aliphatic heterocycles. The molecule has 2 aromatic rings. The van der Waals surface area contributed by atoms with Gasteiger partial charge in [0.15, 0.2) is 0 Å². The van der Waals surface area contributed by atoms with Crippen molar-refractivity contribution in [2.24, 2.45) is 0 Å². The van der Waals surface area contributed by atoms with Crippen LogP contribution in [0.15, 0.2) is 42.7 Å². The van der Waals surface area contributed by atoms with E-state index in [2.05, 4.69) is 23.3 Å². The highest BCUT2D eigenvalue weighted by atomic mass is 35.5. The molecular formula is C14H14Cl2N2. The van der Waals surface area contributed by atoms with Crippen LogP contribution >= 0.6 is 23.2 Å². The molecular weight excluding hydrogens is 267 g/mol. The molecule has 1 atom stereocenters. The number of rotatable bonds is 4. The van der Waals surface area contributed by atoms with Crippen molar-refractivity contribution in [3.8, 4) is 0 Å². The molecule has 0 radical (unpaired) electrons. The Hall–Kier alpha value is -1.09. The average Bonchev–Trinajstić information content (AvgIpc) is 2.36. The van der Waals surface area contributed by atoms with Gasteiger partial charge in [0.2, 0.25) is 0 Å². The van der Waals surface area contributed by atoms with E-state index in [0.29, 0.717) is 10.0 Å². The normalized spacial score (nSPS) is 12.4. The lowest BCUT2D eigenvalue weighted by Crippen LogP contribution is -2.18. The summed E-state index contributed by atoms with van der Waals surface area (Å²) in [5, 5.41) is 4.73. The van der Waals surface area contributed by atoms with E-state index in [1.54, 1.807) is 12.3 Å². The molecule has 2 rings (SSSR count). The molecule has 0 unspecified atom stereocenters. The number of nitrogens with one attached hydrogen (secondary N) is 1. The van der Waals surface area contributed by atoms with Crippen molar-refractivity contribution < 1.29 is 0 Å². The van der Waals surface area contributed by atoms with Gasteiger partial charge in [0, 0.05) is 35.0 Å². The molecule has 0 saturated heterocycles. The Labute approximate surface area is 117 Å². The van der Waals surface area contributed by atoms with E-state index < -0.39 is 0 Å². The summed E-state index contributed by atoms with van der Waals surface area (Å²) < 4.78 is 0. The number of pyridine rings is 1. The van der Waals surface area contributed by atoms with E-state index in [-0.39, 0.29) is 6.04 Å². The van der Waals surface area contributed by atoms with Gasteiger partial charge in [-0.15, -0.1) is 0 Å². The van der Waals surface area contributed by atoms with Crippen molar-refractivity contribution in [1.82, 2.24) is 10.3 Å².